The van der Waals surface area contributed by atoms with Crippen molar-refractivity contribution in [3.63, 3.8) is 0 Å². The fraction of sp³-hybridized carbons (Fsp3) is 0.438. The van der Waals surface area contributed by atoms with Gasteiger partial charge in [-0.3, -0.25) is 0 Å². The molecule has 0 aliphatic carbocycles. The Labute approximate surface area is 128 Å². The van der Waals surface area contributed by atoms with E-state index in [4.69, 9.17) is 25.5 Å². The Morgan fingerprint density at radius 2 is 1.90 bits per heavy atom. The highest BCUT2D eigenvalue weighted by Crippen LogP contribution is 2.34. The molecule has 1 heterocycles. The summed E-state index contributed by atoms with van der Waals surface area (Å²) >= 11 is 5.77. The molecule has 1 aromatic carbocycles. The molecular weight excluding hydrogens is 292 g/mol. The van der Waals surface area contributed by atoms with E-state index in [2.05, 4.69) is 0 Å². The molecule has 0 amide bonds. The number of benzene rings is 1. The number of hydrogen-bond acceptors (Lipinski definition) is 4. The predicted molar refractivity (Wildman–Crippen MR) is 84.0 cm³/mol. The van der Waals surface area contributed by atoms with Crippen molar-refractivity contribution in [2.45, 2.75) is 27.2 Å². The van der Waals surface area contributed by atoms with Crippen LogP contribution in [0.3, 0.4) is 0 Å². The van der Waals surface area contributed by atoms with Gasteiger partial charge in [-0.25, -0.2) is 4.79 Å². The molecule has 0 unspecified atom stereocenters. The molecule has 0 spiro atoms. The highest BCUT2D eigenvalue weighted by molar-refractivity contribution is 6.18. The SMILES string of the molecule is CCOc1cc(OCC)c2c(C)c(CCCl)c(=O)oc2c1. The van der Waals surface area contributed by atoms with Crippen LogP contribution in [0.25, 0.3) is 11.0 Å². The Bertz CT molecular complexity index is 691. The molecule has 0 radical (unpaired) electrons. The van der Waals surface area contributed by atoms with E-state index in [0.717, 1.165) is 10.9 Å². The zero-order valence-corrected chi connectivity index (χ0v) is 13.3. The van der Waals surface area contributed by atoms with E-state index in [9.17, 15) is 4.79 Å². The molecule has 0 aliphatic rings. The zero-order chi connectivity index (χ0) is 15.4. The summed E-state index contributed by atoms with van der Waals surface area (Å²) in [6.45, 7) is 6.76. The van der Waals surface area contributed by atoms with Crippen LogP contribution >= 0.6 is 11.6 Å². The molecule has 0 aliphatic heterocycles. The van der Waals surface area contributed by atoms with Crippen molar-refractivity contribution in [2.75, 3.05) is 19.1 Å². The second-order valence-corrected chi connectivity index (χ2v) is 4.97. The Balaban J connectivity index is 2.74. The molecule has 5 heteroatoms. The topological polar surface area (TPSA) is 48.7 Å². The van der Waals surface area contributed by atoms with E-state index in [1.165, 1.54) is 0 Å². The second-order valence-electron chi connectivity index (χ2n) is 4.59. The molecule has 0 atom stereocenters. The summed E-state index contributed by atoms with van der Waals surface area (Å²) in [4.78, 5) is 12.1. The van der Waals surface area contributed by atoms with Crippen LogP contribution in [0, 0.1) is 6.92 Å². The van der Waals surface area contributed by atoms with Crippen molar-refractivity contribution in [3.8, 4) is 11.5 Å². The van der Waals surface area contributed by atoms with E-state index in [1.807, 2.05) is 26.8 Å². The van der Waals surface area contributed by atoms with Gasteiger partial charge in [0.25, 0.3) is 0 Å². The normalized spacial score (nSPS) is 10.9. The van der Waals surface area contributed by atoms with Crippen LogP contribution in [0.2, 0.25) is 0 Å². The van der Waals surface area contributed by atoms with Gasteiger partial charge in [0.05, 0.1) is 18.6 Å². The maximum absolute atomic E-state index is 12.1. The molecule has 0 saturated heterocycles. The lowest BCUT2D eigenvalue weighted by Crippen LogP contribution is -2.11. The number of hydrogen-bond donors (Lipinski definition) is 0. The molecule has 114 valence electrons. The van der Waals surface area contributed by atoms with Crippen LogP contribution in [-0.2, 0) is 6.42 Å². The molecule has 21 heavy (non-hydrogen) atoms. The average molecular weight is 311 g/mol. The maximum Gasteiger partial charge on any atom is 0.339 e. The van der Waals surface area contributed by atoms with Crippen LogP contribution in [0.15, 0.2) is 21.3 Å². The zero-order valence-electron chi connectivity index (χ0n) is 12.5. The van der Waals surface area contributed by atoms with Gasteiger partial charge in [-0.1, -0.05) is 0 Å². The van der Waals surface area contributed by atoms with Gasteiger partial charge in [-0.2, -0.15) is 0 Å². The van der Waals surface area contributed by atoms with Crippen LogP contribution in [0.1, 0.15) is 25.0 Å². The third-order valence-electron chi connectivity index (χ3n) is 3.27. The fourth-order valence-corrected chi connectivity index (χ4v) is 2.57. The van der Waals surface area contributed by atoms with Gasteiger partial charge in [0, 0.05) is 23.6 Å². The molecule has 0 N–H and O–H groups in total. The fourth-order valence-electron chi connectivity index (χ4n) is 2.38. The molecule has 0 saturated carbocycles. The first kappa shape index (κ1) is 15.7. The minimum Gasteiger partial charge on any atom is -0.494 e. The van der Waals surface area contributed by atoms with Crippen molar-refractivity contribution >= 4 is 22.6 Å². The van der Waals surface area contributed by atoms with Crippen molar-refractivity contribution in [1.29, 1.82) is 0 Å². The minimum atomic E-state index is -0.350. The molecular formula is C16H19ClO4. The van der Waals surface area contributed by atoms with Crippen molar-refractivity contribution in [3.05, 3.63) is 33.7 Å². The Hall–Kier alpha value is -1.68. The first-order valence-electron chi connectivity index (χ1n) is 7.04. The lowest BCUT2D eigenvalue weighted by molar-refractivity contribution is 0.325. The minimum absolute atomic E-state index is 0.350. The number of aryl methyl sites for hydroxylation is 1. The summed E-state index contributed by atoms with van der Waals surface area (Å²) < 4.78 is 16.6. The van der Waals surface area contributed by atoms with Gasteiger partial charge in [-0.15, -0.1) is 11.6 Å². The van der Waals surface area contributed by atoms with Crippen molar-refractivity contribution in [1.82, 2.24) is 0 Å². The summed E-state index contributed by atoms with van der Waals surface area (Å²) in [6.07, 6.45) is 0.477. The molecule has 0 bridgehead atoms. The first-order valence-corrected chi connectivity index (χ1v) is 7.57. The Kier molecular flexibility index (Phi) is 5.12. The van der Waals surface area contributed by atoms with Gasteiger partial charge in [-0.05, 0) is 32.8 Å². The number of alkyl halides is 1. The standard InChI is InChI=1S/C16H19ClO4/c1-4-19-11-8-13(20-5-2)15-10(3)12(6-7-17)16(18)21-14(15)9-11/h8-9H,4-7H2,1-3H3. The highest BCUT2D eigenvalue weighted by Gasteiger charge is 2.16. The second kappa shape index (κ2) is 6.85. The molecule has 2 rings (SSSR count). The Morgan fingerprint density at radius 3 is 2.52 bits per heavy atom. The molecule has 1 aromatic heterocycles. The molecule has 2 aromatic rings. The summed E-state index contributed by atoms with van der Waals surface area (Å²) in [5.74, 6) is 1.66. The van der Waals surface area contributed by atoms with E-state index in [1.54, 1.807) is 6.07 Å². The van der Waals surface area contributed by atoms with E-state index in [0.29, 0.717) is 48.2 Å². The summed E-state index contributed by atoms with van der Waals surface area (Å²) in [5, 5.41) is 0.806. The lowest BCUT2D eigenvalue weighted by Gasteiger charge is -2.13. The van der Waals surface area contributed by atoms with Gasteiger partial charge in [0.2, 0.25) is 0 Å². The average Bonchev–Trinajstić information content (AvgIpc) is 2.43. The van der Waals surface area contributed by atoms with Gasteiger partial charge in [0.15, 0.2) is 0 Å². The maximum atomic E-state index is 12.1. The van der Waals surface area contributed by atoms with Crippen LogP contribution in [-0.4, -0.2) is 19.1 Å². The van der Waals surface area contributed by atoms with Gasteiger partial charge in [0.1, 0.15) is 17.1 Å². The van der Waals surface area contributed by atoms with E-state index >= 15 is 0 Å². The van der Waals surface area contributed by atoms with E-state index in [-0.39, 0.29) is 5.63 Å². The Morgan fingerprint density at radius 1 is 1.19 bits per heavy atom. The smallest absolute Gasteiger partial charge is 0.339 e. The van der Waals surface area contributed by atoms with Crippen molar-refractivity contribution < 1.29 is 13.9 Å². The number of rotatable bonds is 6. The highest BCUT2D eigenvalue weighted by atomic mass is 35.5. The third kappa shape index (κ3) is 3.16. The predicted octanol–water partition coefficient (Wildman–Crippen LogP) is 3.68. The molecule has 0 fully saturated rings. The quantitative estimate of drug-likeness (QED) is 0.603. The molecule has 4 nitrogen and oxygen atoms in total. The lowest BCUT2D eigenvalue weighted by atomic mass is 10.0. The largest absolute Gasteiger partial charge is 0.494 e. The van der Waals surface area contributed by atoms with Gasteiger partial charge >= 0.3 is 5.63 Å². The van der Waals surface area contributed by atoms with Crippen LogP contribution in [0.4, 0.5) is 0 Å². The van der Waals surface area contributed by atoms with Crippen LogP contribution < -0.4 is 15.1 Å². The summed E-state index contributed by atoms with van der Waals surface area (Å²) in [7, 11) is 0. The first-order chi connectivity index (χ1) is 10.1. The van der Waals surface area contributed by atoms with Gasteiger partial charge < -0.3 is 13.9 Å². The number of fused-ring (bicyclic) bond motifs is 1. The number of ether oxygens (including phenoxy) is 2. The van der Waals surface area contributed by atoms with Crippen LogP contribution in [0.5, 0.6) is 11.5 Å². The third-order valence-corrected chi connectivity index (χ3v) is 3.46. The van der Waals surface area contributed by atoms with E-state index < -0.39 is 0 Å². The summed E-state index contributed by atoms with van der Waals surface area (Å²) in [6, 6.07) is 3.55. The summed E-state index contributed by atoms with van der Waals surface area (Å²) in [5.41, 5.74) is 1.58. The number of halogens is 1. The van der Waals surface area contributed by atoms with Crippen molar-refractivity contribution in [2.24, 2.45) is 0 Å². The monoisotopic (exact) mass is 310 g/mol.